The van der Waals surface area contributed by atoms with Crippen LogP contribution in [0.5, 0.6) is 0 Å². The second-order valence-electron chi connectivity index (χ2n) is 7.89. The summed E-state index contributed by atoms with van der Waals surface area (Å²) >= 11 is 0. The molecule has 0 saturated carbocycles. The summed E-state index contributed by atoms with van der Waals surface area (Å²) in [5.41, 5.74) is 2.55. The summed E-state index contributed by atoms with van der Waals surface area (Å²) in [5.74, 6) is 0. The van der Waals surface area contributed by atoms with Gasteiger partial charge in [0.05, 0.1) is 5.69 Å². The molecule has 150 valence electrons. The summed E-state index contributed by atoms with van der Waals surface area (Å²) in [5, 5.41) is 15.4. The summed E-state index contributed by atoms with van der Waals surface area (Å²) in [6, 6.07) is 12.0. The van der Waals surface area contributed by atoms with Crippen LogP contribution in [0.25, 0.3) is 11.1 Å². The summed E-state index contributed by atoms with van der Waals surface area (Å²) < 4.78 is 0. The van der Waals surface area contributed by atoms with Crippen LogP contribution in [0.2, 0.25) is 0 Å². The highest BCUT2D eigenvalue weighted by Crippen LogP contribution is 2.43. The van der Waals surface area contributed by atoms with E-state index in [2.05, 4.69) is 37.1 Å². The molecule has 3 aromatic rings. The van der Waals surface area contributed by atoms with E-state index in [-0.39, 0.29) is 0 Å². The van der Waals surface area contributed by atoms with Crippen LogP contribution in [0.4, 0.5) is 0 Å². The van der Waals surface area contributed by atoms with Gasteiger partial charge in [-0.15, -0.1) is 0 Å². The van der Waals surface area contributed by atoms with E-state index in [1.165, 1.54) is 13.4 Å². The minimum absolute atomic E-state index is 0.502. The van der Waals surface area contributed by atoms with Crippen molar-refractivity contribution < 1.29 is 9.94 Å². The zero-order chi connectivity index (χ0) is 20.9. The first kappa shape index (κ1) is 20.6. The molecule has 2 aromatic heterocycles. The zero-order valence-corrected chi connectivity index (χ0v) is 17.2. The molecule has 1 atom stereocenters. The maximum absolute atomic E-state index is 11.6. The number of pyridine rings is 1. The van der Waals surface area contributed by atoms with Crippen LogP contribution in [0.3, 0.4) is 0 Å². The second-order valence-corrected chi connectivity index (χ2v) is 7.89. The van der Waals surface area contributed by atoms with E-state index in [1.807, 2.05) is 45.0 Å². The van der Waals surface area contributed by atoms with Gasteiger partial charge in [-0.2, -0.15) is 0 Å². The van der Waals surface area contributed by atoms with E-state index in [1.54, 1.807) is 24.8 Å². The summed E-state index contributed by atoms with van der Waals surface area (Å²) in [6.07, 6.45) is 8.96. The quantitative estimate of drug-likeness (QED) is 0.508. The molecule has 0 aliphatic rings. The van der Waals surface area contributed by atoms with Crippen molar-refractivity contribution in [3.8, 4) is 11.1 Å². The molecule has 0 amide bonds. The number of aromatic nitrogens is 3. The molecule has 0 radical (unpaired) electrons. The van der Waals surface area contributed by atoms with Crippen molar-refractivity contribution in [2.75, 3.05) is 7.11 Å². The molecule has 6 nitrogen and oxygen atoms in total. The Kier molecular flexibility index (Phi) is 6.03. The molecule has 0 saturated heterocycles. The Bertz CT molecular complexity index is 949. The number of oxime groups is 1. The number of benzene rings is 1. The monoisotopic (exact) mass is 390 g/mol. The lowest BCUT2D eigenvalue weighted by molar-refractivity contribution is -0.0301. The average molecular weight is 390 g/mol. The first-order valence-electron chi connectivity index (χ1n) is 9.45. The first-order chi connectivity index (χ1) is 13.9. The molecule has 0 fully saturated rings. The highest BCUT2D eigenvalue weighted by molar-refractivity contribution is 5.65. The van der Waals surface area contributed by atoms with E-state index < -0.39 is 11.0 Å². The van der Waals surface area contributed by atoms with Crippen LogP contribution in [0.1, 0.15) is 37.6 Å². The summed E-state index contributed by atoms with van der Waals surface area (Å²) in [4.78, 5) is 17.4. The summed E-state index contributed by atoms with van der Waals surface area (Å²) in [7, 11) is 1.53. The van der Waals surface area contributed by atoms with Crippen LogP contribution in [-0.2, 0) is 16.9 Å². The Morgan fingerprint density at radius 1 is 0.966 bits per heavy atom. The number of aliphatic hydroxyl groups is 1. The minimum atomic E-state index is -1.31. The zero-order valence-electron chi connectivity index (χ0n) is 17.2. The van der Waals surface area contributed by atoms with E-state index >= 15 is 0 Å². The Hall–Kier alpha value is -3.12. The van der Waals surface area contributed by atoms with Crippen molar-refractivity contribution in [3.63, 3.8) is 0 Å². The van der Waals surface area contributed by atoms with Crippen molar-refractivity contribution in [1.82, 2.24) is 15.0 Å². The predicted octanol–water partition coefficient (Wildman–Crippen LogP) is 4.00. The van der Waals surface area contributed by atoms with E-state index in [0.717, 1.165) is 16.7 Å². The number of hydrogen-bond donors (Lipinski definition) is 1. The second kappa shape index (κ2) is 8.49. The van der Waals surface area contributed by atoms with Crippen LogP contribution >= 0.6 is 0 Å². The van der Waals surface area contributed by atoms with Gasteiger partial charge in [0, 0.05) is 47.8 Å². The van der Waals surface area contributed by atoms with Crippen LogP contribution < -0.4 is 0 Å². The molecule has 0 bridgehead atoms. The average Bonchev–Trinajstić information content (AvgIpc) is 2.74. The van der Waals surface area contributed by atoms with Gasteiger partial charge in [-0.05, 0) is 17.2 Å². The molecule has 1 N–H and O–H groups in total. The lowest BCUT2D eigenvalue weighted by Gasteiger charge is -2.39. The molecule has 6 heteroatoms. The fraction of sp³-hybridized carbons (Fsp3) is 0.304. The lowest BCUT2D eigenvalue weighted by atomic mass is 9.70. The SMILES string of the molecule is CON=CCc1ccc(-c2ccc(C(O)(c3cncnc3)C(C)(C)C)nc2)cc1. The maximum atomic E-state index is 11.6. The minimum Gasteiger partial charge on any atom is -0.399 e. The molecule has 2 heterocycles. The summed E-state index contributed by atoms with van der Waals surface area (Å²) in [6.45, 7) is 5.92. The fourth-order valence-corrected chi connectivity index (χ4v) is 3.28. The largest absolute Gasteiger partial charge is 0.399 e. The predicted molar refractivity (Wildman–Crippen MR) is 113 cm³/mol. The molecule has 0 aliphatic heterocycles. The van der Waals surface area contributed by atoms with Crippen molar-refractivity contribution in [3.05, 3.63) is 78.1 Å². The Morgan fingerprint density at radius 2 is 1.62 bits per heavy atom. The third-order valence-electron chi connectivity index (χ3n) is 4.99. The van der Waals surface area contributed by atoms with Gasteiger partial charge in [-0.1, -0.05) is 56.3 Å². The molecule has 29 heavy (non-hydrogen) atoms. The highest BCUT2D eigenvalue weighted by atomic mass is 16.6. The lowest BCUT2D eigenvalue weighted by Crippen LogP contribution is -2.42. The van der Waals surface area contributed by atoms with E-state index in [9.17, 15) is 5.11 Å². The maximum Gasteiger partial charge on any atom is 0.139 e. The highest BCUT2D eigenvalue weighted by Gasteiger charge is 2.45. The Labute approximate surface area is 171 Å². The molecule has 0 aliphatic carbocycles. The van der Waals surface area contributed by atoms with Gasteiger partial charge < -0.3 is 9.94 Å². The van der Waals surface area contributed by atoms with Gasteiger partial charge in [0.15, 0.2) is 0 Å². The molecule has 3 rings (SSSR count). The van der Waals surface area contributed by atoms with Gasteiger partial charge in [0.25, 0.3) is 0 Å². The fourth-order valence-electron chi connectivity index (χ4n) is 3.28. The Morgan fingerprint density at radius 3 is 2.17 bits per heavy atom. The Balaban J connectivity index is 1.89. The van der Waals surface area contributed by atoms with Crippen molar-refractivity contribution >= 4 is 6.21 Å². The molecule has 1 aromatic carbocycles. The molecular weight excluding hydrogens is 364 g/mol. The third-order valence-corrected chi connectivity index (χ3v) is 4.99. The number of hydrogen-bond acceptors (Lipinski definition) is 6. The number of rotatable bonds is 6. The van der Waals surface area contributed by atoms with Gasteiger partial charge >= 0.3 is 0 Å². The standard InChI is InChI=1S/C23H26N4O2/c1-22(2,3)23(28,20-14-24-16-25-15-20)21-10-9-19(13-26-21)18-7-5-17(6-8-18)11-12-27-29-4/h5-10,12-16,28H,11H2,1-4H3. The third kappa shape index (κ3) is 4.32. The van der Waals surface area contributed by atoms with Crippen molar-refractivity contribution in [1.29, 1.82) is 0 Å². The van der Waals surface area contributed by atoms with E-state index in [0.29, 0.717) is 17.7 Å². The van der Waals surface area contributed by atoms with Gasteiger partial charge in [0.1, 0.15) is 19.0 Å². The smallest absolute Gasteiger partial charge is 0.139 e. The van der Waals surface area contributed by atoms with Crippen molar-refractivity contribution in [2.24, 2.45) is 10.6 Å². The number of nitrogens with zero attached hydrogens (tertiary/aromatic N) is 4. The van der Waals surface area contributed by atoms with Gasteiger partial charge in [-0.25, -0.2) is 9.97 Å². The van der Waals surface area contributed by atoms with E-state index in [4.69, 9.17) is 0 Å². The molecular formula is C23H26N4O2. The normalized spacial score (nSPS) is 14.0. The molecule has 0 spiro atoms. The molecule has 1 unspecified atom stereocenters. The van der Waals surface area contributed by atoms with Gasteiger partial charge in [0.2, 0.25) is 0 Å². The first-order valence-corrected chi connectivity index (χ1v) is 9.45. The van der Waals surface area contributed by atoms with Crippen LogP contribution in [-0.4, -0.2) is 33.4 Å². The van der Waals surface area contributed by atoms with Gasteiger partial charge in [-0.3, -0.25) is 4.98 Å². The van der Waals surface area contributed by atoms with Crippen molar-refractivity contribution in [2.45, 2.75) is 32.8 Å². The van der Waals surface area contributed by atoms with Crippen LogP contribution in [0.15, 0.2) is 66.5 Å². The topological polar surface area (TPSA) is 80.5 Å². The van der Waals surface area contributed by atoms with Crippen LogP contribution in [0, 0.1) is 5.41 Å².